The van der Waals surface area contributed by atoms with E-state index in [0.29, 0.717) is 35.1 Å². The normalized spacial score (nSPS) is 16.6. The van der Waals surface area contributed by atoms with Crippen LogP contribution in [0.1, 0.15) is 27.7 Å². The third-order valence-electron chi connectivity index (χ3n) is 3.60. The minimum Gasteiger partial charge on any atom is -0.444 e. The van der Waals surface area contributed by atoms with Crippen molar-refractivity contribution < 1.29 is 9.53 Å². The summed E-state index contributed by atoms with van der Waals surface area (Å²) in [4.78, 5) is 26.2. The molecule has 1 saturated heterocycles. The average Bonchev–Trinajstić information content (AvgIpc) is 2.43. The summed E-state index contributed by atoms with van der Waals surface area (Å²) >= 11 is 6.06. The van der Waals surface area contributed by atoms with Crippen molar-refractivity contribution >= 4 is 34.5 Å². The number of nitrogens with one attached hydrogen (secondary N) is 1. The molecule has 7 nitrogen and oxygen atoms in total. The third-order valence-corrected chi connectivity index (χ3v) is 3.88. The molecular weight excluding hydrogens is 330 g/mol. The van der Waals surface area contributed by atoms with Gasteiger partial charge in [0.2, 0.25) is 0 Å². The van der Waals surface area contributed by atoms with E-state index in [-0.39, 0.29) is 11.6 Å². The van der Waals surface area contributed by atoms with E-state index in [1.54, 1.807) is 4.90 Å². The summed E-state index contributed by atoms with van der Waals surface area (Å²) in [5.74, 6) is 0.672. The Morgan fingerprint density at radius 2 is 2.04 bits per heavy atom. The molecule has 8 heteroatoms. The van der Waals surface area contributed by atoms with Crippen LogP contribution in [0, 0.1) is 0 Å². The number of ether oxygens (including phenoxy) is 1. The van der Waals surface area contributed by atoms with Crippen molar-refractivity contribution in [3.05, 3.63) is 23.6 Å². The molecule has 0 spiro atoms. The average molecular weight is 350 g/mol. The lowest BCUT2D eigenvalue weighted by Gasteiger charge is -2.48. The summed E-state index contributed by atoms with van der Waals surface area (Å²) in [5, 5.41) is 3.66. The van der Waals surface area contributed by atoms with E-state index in [1.165, 1.54) is 6.33 Å². The number of halogens is 1. The van der Waals surface area contributed by atoms with Gasteiger partial charge in [-0.2, -0.15) is 0 Å². The van der Waals surface area contributed by atoms with Crippen molar-refractivity contribution in [2.45, 2.75) is 38.8 Å². The Labute approximate surface area is 145 Å². The fourth-order valence-electron chi connectivity index (χ4n) is 2.62. The topological polar surface area (TPSA) is 80.2 Å². The van der Waals surface area contributed by atoms with Crippen molar-refractivity contribution in [1.29, 1.82) is 0 Å². The molecule has 0 atom stereocenters. The number of nitrogens with zero attached hydrogens (tertiary/aromatic N) is 4. The van der Waals surface area contributed by atoms with Gasteiger partial charge in [-0.25, -0.2) is 19.7 Å². The summed E-state index contributed by atoms with van der Waals surface area (Å²) in [6.07, 6.45) is 1.11. The van der Waals surface area contributed by atoms with E-state index in [9.17, 15) is 4.79 Å². The van der Waals surface area contributed by atoms with Gasteiger partial charge in [0.1, 0.15) is 23.3 Å². The quantitative estimate of drug-likeness (QED) is 0.839. The highest BCUT2D eigenvalue weighted by Gasteiger charge is 2.43. The zero-order valence-corrected chi connectivity index (χ0v) is 14.9. The fraction of sp³-hybridized carbons (Fsp3) is 0.500. The first kappa shape index (κ1) is 16.7. The Balaban J connectivity index is 1.67. The smallest absolute Gasteiger partial charge is 0.410 e. The molecule has 3 heterocycles. The third kappa shape index (κ3) is 3.51. The van der Waals surface area contributed by atoms with Gasteiger partial charge in [0, 0.05) is 13.1 Å². The Hall–Kier alpha value is -2.15. The van der Waals surface area contributed by atoms with Gasteiger partial charge < -0.3 is 15.0 Å². The fourth-order valence-corrected chi connectivity index (χ4v) is 2.80. The van der Waals surface area contributed by atoms with Gasteiger partial charge in [0.25, 0.3) is 0 Å². The second kappa shape index (κ2) is 5.73. The van der Waals surface area contributed by atoms with E-state index in [2.05, 4.69) is 20.3 Å². The van der Waals surface area contributed by atoms with E-state index >= 15 is 0 Å². The van der Waals surface area contributed by atoms with Gasteiger partial charge in [-0.15, -0.1) is 0 Å². The standard InChI is InChI=1S/C16H20ClN5O2/c1-15(2,3)24-14(23)22-7-16(4,8-22)21-11-6-5-10-12(20-11)13(17)19-9-18-10/h5-6,9H,7-8H2,1-4H3,(H,20,21). The lowest BCUT2D eigenvalue weighted by atomic mass is 9.92. The molecule has 0 bridgehead atoms. The number of anilines is 1. The number of rotatable bonds is 2. The van der Waals surface area contributed by atoms with Gasteiger partial charge >= 0.3 is 6.09 Å². The van der Waals surface area contributed by atoms with Crippen molar-refractivity contribution in [3.8, 4) is 0 Å². The number of likely N-dealkylation sites (tertiary alicyclic amines) is 1. The molecule has 0 aliphatic carbocycles. The van der Waals surface area contributed by atoms with Crippen LogP contribution in [-0.4, -0.2) is 50.2 Å². The van der Waals surface area contributed by atoms with Crippen LogP contribution in [0.4, 0.5) is 10.6 Å². The first-order valence-corrected chi connectivity index (χ1v) is 8.06. The highest BCUT2D eigenvalue weighted by Crippen LogP contribution is 2.28. The number of carbonyl (C=O) groups excluding carboxylic acids is 1. The molecule has 2 aromatic heterocycles. The molecule has 0 radical (unpaired) electrons. The summed E-state index contributed by atoms with van der Waals surface area (Å²) in [5.41, 5.74) is 0.484. The van der Waals surface area contributed by atoms with Crippen molar-refractivity contribution in [2.75, 3.05) is 18.4 Å². The minimum atomic E-state index is -0.493. The zero-order chi connectivity index (χ0) is 17.5. The molecule has 3 rings (SSSR count). The van der Waals surface area contributed by atoms with Crippen LogP contribution in [0.5, 0.6) is 0 Å². The lowest BCUT2D eigenvalue weighted by molar-refractivity contribution is -0.00128. The molecule has 0 unspecified atom stereocenters. The van der Waals surface area contributed by atoms with E-state index < -0.39 is 5.60 Å². The van der Waals surface area contributed by atoms with Crippen LogP contribution in [0.25, 0.3) is 11.0 Å². The van der Waals surface area contributed by atoms with Gasteiger partial charge in [-0.3, -0.25) is 0 Å². The predicted molar refractivity (Wildman–Crippen MR) is 92.2 cm³/mol. The van der Waals surface area contributed by atoms with Gasteiger partial charge in [-0.1, -0.05) is 11.6 Å². The first-order chi connectivity index (χ1) is 11.2. The second-order valence-corrected chi connectivity index (χ2v) is 7.61. The molecule has 1 amide bonds. The zero-order valence-electron chi connectivity index (χ0n) is 14.1. The first-order valence-electron chi connectivity index (χ1n) is 7.69. The van der Waals surface area contributed by atoms with Gasteiger partial charge in [0.15, 0.2) is 5.15 Å². The van der Waals surface area contributed by atoms with Crippen LogP contribution >= 0.6 is 11.6 Å². The summed E-state index contributed by atoms with van der Waals surface area (Å²) in [6.45, 7) is 8.68. The number of fused-ring (bicyclic) bond motifs is 1. The number of pyridine rings is 1. The van der Waals surface area contributed by atoms with Crippen molar-refractivity contribution in [2.24, 2.45) is 0 Å². The Morgan fingerprint density at radius 3 is 2.71 bits per heavy atom. The molecule has 1 aliphatic rings. The summed E-state index contributed by atoms with van der Waals surface area (Å²) < 4.78 is 5.37. The largest absolute Gasteiger partial charge is 0.444 e. The Kier molecular flexibility index (Phi) is 3.99. The molecule has 0 saturated carbocycles. The van der Waals surface area contributed by atoms with Crippen molar-refractivity contribution in [3.63, 3.8) is 0 Å². The predicted octanol–water partition coefficient (Wildman–Crippen LogP) is 3.10. The van der Waals surface area contributed by atoms with E-state index in [4.69, 9.17) is 16.3 Å². The highest BCUT2D eigenvalue weighted by molar-refractivity contribution is 6.33. The number of hydrogen-bond acceptors (Lipinski definition) is 6. The summed E-state index contributed by atoms with van der Waals surface area (Å²) in [7, 11) is 0. The van der Waals surface area contributed by atoms with Crippen LogP contribution in [0.2, 0.25) is 5.15 Å². The molecule has 0 aromatic carbocycles. The molecule has 2 aromatic rings. The lowest BCUT2D eigenvalue weighted by Crippen LogP contribution is -2.66. The van der Waals surface area contributed by atoms with Gasteiger partial charge in [-0.05, 0) is 39.8 Å². The van der Waals surface area contributed by atoms with E-state index in [0.717, 1.165) is 0 Å². The maximum absolute atomic E-state index is 12.0. The van der Waals surface area contributed by atoms with Crippen molar-refractivity contribution in [1.82, 2.24) is 19.9 Å². The van der Waals surface area contributed by atoms with E-state index in [1.807, 2.05) is 39.8 Å². The number of carbonyl (C=O) groups is 1. The van der Waals surface area contributed by atoms with Crippen LogP contribution in [0.15, 0.2) is 18.5 Å². The molecule has 128 valence electrons. The molecule has 1 fully saturated rings. The van der Waals surface area contributed by atoms with Crippen LogP contribution < -0.4 is 5.32 Å². The Morgan fingerprint density at radius 1 is 1.33 bits per heavy atom. The SMILES string of the molecule is CC1(Nc2ccc3ncnc(Cl)c3n2)CN(C(=O)OC(C)(C)C)C1. The van der Waals surface area contributed by atoms with Gasteiger partial charge in [0.05, 0.1) is 11.1 Å². The highest BCUT2D eigenvalue weighted by atomic mass is 35.5. The molecular formula is C16H20ClN5O2. The maximum Gasteiger partial charge on any atom is 0.410 e. The molecule has 1 N–H and O–H groups in total. The maximum atomic E-state index is 12.0. The summed E-state index contributed by atoms with van der Waals surface area (Å²) in [6, 6.07) is 3.68. The number of hydrogen-bond donors (Lipinski definition) is 1. The minimum absolute atomic E-state index is 0.264. The molecule has 24 heavy (non-hydrogen) atoms. The number of aromatic nitrogens is 3. The second-order valence-electron chi connectivity index (χ2n) is 7.25. The monoisotopic (exact) mass is 349 g/mol. The Bertz CT molecular complexity index is 784. The number of amides is 1. The molecule has 1 aliphatic heterocycles. The van der Waals surface area contributed by atoms with Crippen LogP contribution in [0.3, 0.4) is 0 Å². The van der Waals surface area contributed by atoms with Crippen LogP contribution in [-0.2, 0) is 4.74 Å².